The second-order valence-corrected chi connectivity index (χ2v) is 4.00. The van der Waals surface area contributed by atoms with Crippen LogP contribution >= 0.6 is 0 Å². The highest BCUT2D eigenvalue weighted by Crippen LogP contribution is 2.35. The second-order valence-electron chi connectivity index (χ2n) is 4.00. The maximum absolute atomic E-state index is 12.6. The van der Waals surface area contributed by atoms with Gasteiger partial charge in [0.05, 0.1) is 5.56 Å². The third-order valence-electron chi connectivity index (χ3n) is 2.00. The van der Waals surface area contributed by atoms with Crippen molar-refractivity contribution in [3.8, 4) is 5.75 Å². The molecule has 0 bridgehead atoms. The molecule has 0 aliphatic heterocycles. The van der Waals surface area contributed by atoms with E-state index in [1.807, 2.05) is 0 Å². The Bertz CT molecular complexity index is 416. The number of ether oxygens (including phenoxy) is 1. The lowest BCUT2D eigenvalue weighted by Gasteiger charge is -2.14. The Morgan fingerprint density at radius 1 is 1.33 bits per heavy atom. The summed E-state index contributed by atoms with van der Waals surface area (Å²) in [5.41, 5.74) is -0.887. The molecule has 1 aromatic rings. The van der Waals surface area contributed by atoms with Crippen LogP contribution in [-0.2, 0) is 11.0 Å². The lowest BCUT2D eigenvalue weighted by molar-refractivity contribution is -0.139. The van der Waals surface area contributed by atoms with Gasteiger partial charge in [-0.15, -0.1) is 0 Å². The van der Waals surface area contributed by atoms with E-state index in [0.29, 0.717) is 0 Å². The molecule has 0 unspecified atom stereocenters. The molecule has 0 aliphatic carbocycles. The minimum absolute atomic E-state index is 0.0843. The number of para-hydroxylation sites is 1. The van der Waals surface area contributed by atoms with Crippen molar-refractivity contribution >= 4 is 5.91 Å². The fraction of sp³-hybridized carbons (Fsp3) is 0.417. The molecule has 100 valence electrons. The Morgan fingerprint density at radius 3 is 2.50 bits per heavy atom. The van der Waals surface area contributed by atoms with E-state index < -0.39 is 24.3 Å². The quantitative estimate of drug-likeness (QED) is 0.904. The molecule has 0 aromatic heterocycles. The highest BCUT2D eigenvalue weighted by Gasteiger charge is 2.34. The minimum atomic E-state index is -4.49. The van der Waals surface area contributed by atoms with E-state index >= 15 is 0 Å². The molecule has 1 aromatic carbocycles. The van der Waals surface area contributed by atoms with E-state index in [0.717, 1.165) is 6.07 Å². The standard InChI is InChI=1S/C12H14F3NO2/c1-8(2)16-11(17)7-18-10-6-4-3-5-9(10)12(13,14)15/h3-6,8H,7H2,1-2H3,(H,16,17). The van der Waals surface area contributed by atoms with Gasteiger partial charge in [-0.3, -0.25) is 4.79 Å². The molecule has 0 aliphatic rings. The molecule has 0 spiro atoms. The van der Waals surface area contributed by atoms with Crippen molar-refractivity contribution in [2.24, 2.45) is 0 Å². The summed E-state index contributed by atoms with van der Waals surface area (Å²) in [7, 11) is 0. The van der Waals surface area contributed by atoms with Crippen LogP contribution in [-0.4, -0.2) is 18.6 Å². The first-order chi connectivity index (χ1) is 8.30. The van der Waals surface area contributed by atoms with Crippen LogP contribution in [0.2, 0.25) is 0 Å². The summed E-state index contributed by atoms with van der Waals surface area (Å²) in [6.45, 7) is 3.06. The predicted octanol–water partition coefficient (Wildman–Crippen LogP) is 2.61. The molecule has 0 heterocycles. The first-order valence-corrected chi connectivity index (χ1v) is 5.39. The van der Waals surface area contributed by atoms with Gasteiger partial charge < -0.3 is 10.1 Å². The molecule has 1 amide bonds. The number of nitrogens with one attached hydrogen (secondary N) is 1. The molecule has 0 saturated carbocycles. The summed E-state index contributed by atoms with van der Waals surface area (Å²) >= 11 is 0. The molecule has 3 nitrogen and oxygen atoms in total. The van der Waals surface area contributed by atoms with E-state index in [9.17, 15) is 18.0 Å². The molecular formula is C12H14F3NO2. The van der Waals surface area contributed by atoms with E-state index in [1.165, 1.54) is 18.2 Å². The van der Waals surface area contributed by atoms with E-state index in [2.05, 4.69) is 5.32 Å². The number of hydrogen-bond donors (Lipinski definition) is 1. The van der Waals surface area contributed by atoms with Gasteiger partial charge in [0.2, 0.25) is 0 Å². The fourth-order valence-electron chi connectivity index (χ4n) is 1.33. The van der Waals surface area contributed by atoms with Gasteiger partial charge in [0.15, 0.2) is 6.61 Å². The Labute approximate surface area is 103 Å². The van der Waals surface area contributed by atoms with Crippen molar-refractivity contribution in [3.05, 3.63) is 29.8 Å². The fourth-order valence-corrected chi connectivity index (χ4v) is 1.33. The van der Waals surface area contributed by atoms with Gasteiger partial charge in [0.25, 0.3) is 5.91 Å². The first-order valence-electron chi connectivity index (χ1n) is 5.39. The molecule has 6 heteroatoms. The largest absolute Gasteiger partial charge is 0.483 e. The van der Waals surface area contributed by atoms with Crippen molar-refractivity contribution in [3.63, 3.8) is 0 Å². The number of carbonyl (C=O) groups excluding carboxylic acids is 1. The molecule has 18 heavy (non-hydrogen) atoms. The lowest BCUT2D eigenvalue weighted by atomic mass is 10.2. The van der Waals surface area contributed by atoms with E-state index in [-0.39, 0.29) is 11.8 Å². The van der Waals surface area contributed by atoms with Gasteiger partial charge in [0, 0.05) is 6.04 Å². The van der Waals surface area contributed by atoms with Gasteiger partial charge in [-0.25, -0.2) is 0 Å². The van der Waals surface area contributed by atoms with Gasteiger partial charge in [-0.1, -0.05) is 12.1 Å². The molecular weight excluding hydrogens is 247 g/mol. The zero-order valence-electron chi connectivity index (χ0n) is 10.0. The summed E-state index contributed by atoms with van der Waals surface area (Å²) in [6, 6.07) is 4.70. The Balaban J connectivity index is 2.71. The number of benzene rings is 1. The number of amides is 1. The average molecular weight is 261 g/mol. The van der Waals surface area contributed by atoms with Crippen molar-refractivity contribution in [1.29, 1.82) is 0 Å². The number of rotatable bonds is 4. The van der Waals surface area contributed by atoms with Gasteiger partial charge >= 0.3 is 6.18 Å². The second kappa shape index (κ2) is 5.75. The summed E-state index contributed by atoms with van der Waals surface area (Å²) in [5, 5.41) is 2.53. The summed E-state index contributed by atoms with van der Waals surface area (Å²) < 4.78 is 42.7. The van der Waals surface area contributed by atoms with E-state index in [1.54, 1.807) is 13.8 Å². The number of hydrogen-bond acceptors (Lipinski definition) is 2. The zero-order chi connectivity index (χ0) is 13.8. The first kappa shape index (κ1) is 14.3. The van der Waals surface area contributed by atoms with Gasteiger partial charge in [-0.2, -0.15) is 13.2 Å². The third-order valence-corrected chi connectivity index (χ3v) is 2.00. The predicted molar refractivity (Wildman–Crippen MR) is 60.2 cm³/mol. The van der Waals surface area contributed by atoms with Crippen LogP contribution in [0.4, 0.5) is 13.2 Å². The Morgan fingerprint density at radius 2 is 1.94 bits per heavy atom. The van der Waals surface area contributed by atoms with Crippen molar-refractivity contribution in [1.82, 2.24) is 5.32 Å². The molecule has 0 radical (unpaired) electrons. The molecule has 1 N–H and O–H groups in total. The highest BCUT2D eigenvalue weighted by molar-refractivity contribution is 5.77. The van der Waals surface area contributed by atoms with Crippen molar-refractivity contribution in [2.45, 2.75) is 26.1 Å². The minimum Gasteiger partial charge on any atom is -0.483 e. The van der Waals surface area contributed by atoms with Crippen LogP contribution in [0.15, 0.2) is 24.3 Å². The van der Waals surface area contributed by atoms with Gasteiger partial charge in [-0.05, 0) is 26.0 Å². The maximum Gasteiger partial charge on any atom is 0.419 e. The van der Waals surface area contributed by atoms with Crippen molar-refractivity contribution < 1.29 is 22.7 Å². The topological polar surface area (TPSA) is 38.3 Å². The monoisotopic (exact) mass is 261 g/mol. The zero-order valence-corrected chi connectivity index (χ0v) is 10.0. The van der Waals surface area contributed by atoms with Crippen LogP contribution in [0, 0.1) is 0 Å². The summed E-state index contributed by atoms with van der Waals surface area (Å²) in [5.74, 6) is -0.800. The molecule has 0 fully saturated rings. The SMILES string of the molecule is CC(C)NC(=O)COc1ccccc1C(F)(F)F. The number of alkyl halides is 3. The smallest absolute Gasteiger partial charge is 0.419 e. The highest BCUT2D eigenvalue weighted by atomic mass is 19.4. The average Bonchev–Trinajstić information content (AvgIpc) is 2.24. The number of carbonyl (C=O) groups is 1. The van der Waals surface area contributed by atoms with Crippen LogP contribution in [0.25, 0.3) is 0 Å². The Hall–Kier alpha value is -1.72. The normalized spacial score (nSPS) is 11.4. The van der Waals surface area contributed by atoms with Crippen LogP contribution in [0.5, 0.6) is 5.75 Å². The van der Waals surface area contributed by atoms with Gasteiger partial charge in [0.1, 0.15) is 5.75 Å². The lowest BCUT2D eigenvalue weighted by Crippen LogP contribution is -2.34. The van der Waals surface area contributed by atoms with E-state index in [4.69, 9.17) is 4.74 Å². The summed E-state index contributed by atoms with van der Waals surface area (Å²) in [6.07, 6.45) is -4.49. The number of halogens is 3. The van der Waals surface area contributed by atoms with Crippen molar-refractivity contribution in [2.75, 3.05) is 6.61 Å². The molecule has 1 rings (SSSR count). The van der Waals surface area contributed by atoms with Crippen LogP contribution in [0.1, 0.15) is 19.4 Å². The summed E-state index contributed by atoms with van der Waals surface area (Å²) in [4.78, 5) is 11.3. The maximum atomic E-state index is 12.6. The molecule has 0 atom stereocenters. The van der Waals surface area contributed by atoms with Crippen LogP contribution < -0.4 is 10.1 Å². The Kier molecular flexibility index (Phi) is 4.58. The third kappa shape index (κ3) is 4.27. The van der Waals surface area contributed by atoms with Crippen LogP contribution in [0.3, 0.4) is 0 Å². The molecule has 0 saturated heterocycles.